The van der Waals surface area contributed by atoms with Crippen molar-refractivity contribution in [2.75, 3.05) is 0 Å². The first-order valence-corrected chi connectivity index (χ1v) is 10.2. The Hall–Kier alpha value is -1.97. The zero-order valence-corrected chi connectivity index (χ0v) is 15.8. The molecule has 0 saturated heterocycles. The number of carbonyl (C=O) groups is 1. The molecule has 0 bridgehead atoms. The van der Waals surface area contributed by atoms with Gasteiger partial charge in [0.2, 0.25) is 0 Å². The molecule has 3 rings (SSSR count). The number of rotatable bonds is 6. The molecule has 0 aliphatic heterocycles. The van der Waals surface area contributed by atoms with E-state index in [0.717, 1.165) is 0 Å². The molecule has 0 spiro atoms. The van der Waals surface area contributed by atoms with Crippen LogP contribution < -0.4 is 39.9 Å². The largest absolute Gasteiger partial charge is 1.00 e. The average molecular weight is 354 g/mol. The predicted molar refractivity (Wildman–Crippen MR) is 105 cm³/mol. The molecule has 0 heterocycles. The second kappa shape index (κ2) is 9.65. The summed E-state index contributed by atoms with van der Waals surface area (Å²) in [7, 11) is 0. The van der Waals surface area contributed by atoms with Gasteiger partial charge in [-0.15, -0.1) is 0 Å². The molecule has 3 aromatic rings. The van der Waals surface area contributed by atoms with Crippen LogP contribution in [0, 0.1) is 0 Å². The van der Waals surface area contributed by atoms with Gasteiger partial charge in [0.15, 0.2) is 0 Å². The molecule has 0 saturated carbocycles. The van der Waals surface area contributed by atoms with Crippen molar-refractivity contribution in [1.82, 2.24) is 0 Å². The number of hydrogen-bond acceptors (Lipinski definition) is 2. The Kier molecular flexibility index (Phi) is 7.55. The second-order valence-corrected chi connectivity index (χ2v) is 9.18. The predicted octanol–water partition coefficient (Wildman–Crippen LogP) is -0.683. The minimum absolute atomic E-state index is 0. The summed E-state index contributed by atoms with van der Waals surface area (Å²) in [5.74, 6) is 1.20. The Morgan fingerprint density at radius 3 is 1.38 bits per heavy atom. The molecule has 0 amide bonds. The van der Waals surface area contributed by atoms with E-state index in [1.807, 2.05) is 54.6 Å². The summed E-state index contributed by atoms with van der Waals surface area (Å²) in [5, 5.41) is 14.7. The van der Waals surface area contributed by atoms with Crippen molar-refractivity contribution in [2.45, 2.75) is 12.8 Å². The zero-order valence-electron chi connectivity index (χ0n) is 14.9. The molecule has 0 unspecified atom stereocenters. The topological polar surface area (TPSA) is 40.1 Å². The summed E-state index contributed by atoms with van der Waals surface area (Å²) in [6.45, 7) is -2.03. The van der Waals surface area contributed by atoms with Crippen molar-refractivity contribution in [2.24, 2.45) is 0 Å². The third-order valence-corrected chi connectivity index (χ3v) is 8.39. The fraction of sp³-hybridized carbons (Fsp3) is 0.0909. The van der Waals surface area contributed by atoms with Crippen LogP contribution in [0.3, 0.4) is 0 Å². The van der Waals surface area contributed by atoms with E-state index in [1.54, 1.807) is 0 Å². The van der Waals surface area contributed by atoms with Gasteiger partial charge in [0, 0.05) is 5.97 Å². The number of benzene rings is 3. The maximum Gasteiger partial charge on any atom is 1.00 e. The van der Waals surface area contributed by atoms with Gasteiger partial charge in [0.25, 0.3) is 0 Å². The number of aliphatic carboxylic acids is 1. The van der Waals surface area contributed by atoms with Crippen LogP contribution >= 0.6 is 6.89 Å². The quantitative estimate of drug-likeness (QED) is 0.435. The first-order chi connectivity index (χ1) is 12.2. The molecule has 0 fully saturated rings. The summed E-state index contributed by atoms with van der Waals surface area (Å²) in [6, 6.07) is 31.1. The molecule has 3 aromatic carbocycles. The monoisotopic (exact) mass is 354 g/mol. The number of hydrogen-bond donors (Lipinski definition) is 0. The van der Waals surface area contributed by atoms with Crippen molar-refractivity contribution in [3.05, 3.63) is 91.0 Å². The molecule has 2 nitrogen and oxygen atoms in total. The van der Waals surface area contributed by atoms with Crippen LogP contribution in [0.2, 0.25) is 0 Å². The van der Waals surface area contributed by atoms with Crippen LogP contribution in [0.4, 0.5) is 0 Å². The summed E-state index contributed by atoms with van der Waals surface area (Å²) in [6.07, 6.45) is 0.517. The maximum absolute atomic E-state index is 11.0. The Morgan fingerprint density at radius 2 is 1.08 bits per heavy atom. The third-order valence-electron chi connectivity index (χ3n) is 4.24. The van der Waals surface area contributed by atoms with Gasteiger partial charge in [-0.2, -0.15) is 0 Å². The molecular formula is C22H20LiO2P. The van der Waals surface area contributed by atoms with E-state index in [2.05, 4.69) is 42.2 Å². The maximum atomic E-state index is 11.0. The van der Waals surface area contributed by atoms with Crippen molar-refractivity contribution in [1.29, 1.82) is 0 Å². The molecule has 0 aliphatic carbocycles. The molecule has 4 heteroatoms. The molecule has 0 aromatic heterocycles. The molecule has 0 radical (unpaired) electrons. The summed E-state index contributed by atoms with van der Waals surface area (Å²) < 4.78 is 0. The van der Waals surface area contributed by atoms with Crippen LogP contribution in [0.25, 0.3) is 0 Å². The smallest absolute Gasteiger partial charge is 0.550 e. The number of carbonyl (C=O) groups excluding carboxylic acids is 1. The van der Waals surface area contributed by atoms with Crippen LogP contribution in [0.15, 0.2) is 91.0 Å². The normalized spacial score (nSPS) is 10.6. The minimum Gasteiger partial charge on any atom is -0.550 e. The van der Waals surface area contributed by atoms with Gasteiger partial charge in [-0.3, -0.25) is 0 Å². The Morgan fingerprint density at radius 1 is 0.731 bits per heavy atom. The number of carboxylic acid groups (broad SMARTS) is 1. The van der Waals surface area contributed by atoms with E-state index >= 15 is 0 Å². The minimum atomic E-state index is -2.03. The Balaban J connectivity index is 0.00000243. The van der Waals surface area contributed by atoms with Crippen molar-refractivity contribution >= 4 is 34.6 Å². The summed E-state index contributed by atoms with van der Waals surface area (Å²) >= 11 is 0. The van der Waals surface area contributed by atoms with E-state index in [4.69, 9.17) is 0 Å². The first-order valence-electron chi connectivity index (χ1n) is 8.33. The van der Waals surface area contributed by atoms with Gasteiger partial charge in [0.1, 0.15) is 0 Å². The third kappa shape index (κ3) is 4.40. The SMILES string of the molecule is O=C([O-])CCC=P(c1ccccc1)(c1ccccc1)c1ccccc1.[Li+]. The van der Waals surface area contributed by atoms with Gasteiger partial charge in [-0.25, -0.2) is 0 Å². The van der Waals surface area contributed by atoms with E-state index < -0.39 is 12.9 Å². The van der Waals surface area contributed by atoms with Crippen molar-refractivity contribution in [3.63, 3.8) is 0 Å². The van der Waals surface area contributed by atoms with Gasteiger partial charge < -0.3 is 9.90 Å². The van der Waals surface area contributed by atoms with Crippen LogP contribution in [-0.2, 0) is 4.79 Å². The first kappa shape index (κ1) is 20.3. The number of carboxylic acids is 1. The van der Waals surface area contributed by atoms with Crippen LogP contribution in [0.1, 0.15) is 12.8 Å². The molecule has 126 valence electrons. The molecule has 0 aliphatic rings. The van der Waals surface area contributed by atoms with Gasteiger partial charge in [-0.1, -0.05) is 96.8 Å². The second-order valence-electron chi connectivity index (χ2n) is 5.82. The van der Waals surface area contributed by atoms with Gasteiger partial charge in [-0.05, 0) is 35.6 Å². The Bertz CT molecular complexity index is 774. The zero-order chi connectivity index (χ0) is 17.5. The standard InChI is InChI=1S/C22H21O2P.Li/c23-22(24)17-10-18-25(19-11-4-1-5-12-19,20-13-6-2-7-14-20)21-15-8-3-9-16-21;/h1-9,11-16,18H,10,17H2,(H,23,24);/q;+1/p-1. The average Bonchev–Trinajstić information content (AvgIpc) is 2.67. The van der Waals surface area contributed by atoms with Gasteiger partial charge >= 0.3 is 18.9 Å². The van der Waals surface area contributed by atoms with Crippen molar-refractivity contribution < 1.29 is 28.8 Å². The van der Waals surface area contributed by atoms with Crippen molar-refractivity contribution in [3.8, 4) is 0 Å². The fourth-order valence-corrected chi connectivity index (χ4v) is 7.10. The van der Waals surface area contributed by atoms with Crippen LogP contribution in [-0.4, -0.2) is 11.8 Å². The fourth-order valence-electron chi connectivity index (χ4n) is 3.13. The van der Waals surface area contributed by atoms with Crippen LogP contribution in [0.5, 0.6) is 0 Å². The molecule has 0 N–H and O–H groups in total. The van der Waals surface area contributed by atoms with E-state index in [-0.39, 0.29) is 25.3 Å². The van der Waals surface area contributed by atoms with Gasteiger partial charge in [0.05, 0.1) is 0 Å². The summed E-state index contributed by atoms with van der Waals surface area (Å²) in [5.41, 5.74) is 0. The summed E-state index contributed by atoms with van der Waals surface area (Å²) in [4.78, 5) is 11.0. The van der Waals surface area contributed by atoms with E-state index in [9.17, 15) is 9.90 Å². The molecular weight excluding hydrogens is 334 g/mol. The molecule has 0 atom stereocenters. The van der Waals surface area contributed by atoms with E-state index in [1.165, 1.54) is 15.9 Å². The Labute approximate surface area is 167 Å². The molecule has 26 heavy (non-hydrogen) atoms. The van der Waals surface area contributed by atoms with E-state index in [0.29, 0.717) is 6.42 Å².